The number of nitrogens with zero attached hydrogens (tertiary/aromatic N) is 2. The van der Waals surface area contributed by atoms with Crippen molar-refractivity contribution >= 4 is 34.2 Å². The van der Waals surface area contributed by atoms with Crippen molar-refractivity contribution in [2.75, 3.05) is 16.4 Å². The van der Waals surface area contributed by atoms with E-state index in [0.29, 0.717) is 16.9 Å². The number of halogens is 4. The number of carbonyl (C=O) groups excluding carboxylic acids is 1. The molecule has 0 fully saturated rings. The highest BCUT2D eigenvalue weighted by Gasteiger charge is 2.35. The molecule has 5 nitrogen and oxygen atoms in total. The zero-order valence-corrected chi connectivity index (χ0v) is 18.1. The molecule has 0 spiro atoms. The van der Waals surface area contributed by atoms with E-state index in [1.807, 2.05) is 19.1 Å². The van der Waals surface area contributed by atoms with Crippen LogP contribution in [0, 0.1) is 12.7 Å². The van der Waals surface area contributed by atoms with Crippen LogP contribution in [0.3, 0.4) is 0 Å². The summed E-state index contributed by atoms with van der Waals surface area (Å²) in [5, 5.41) is 6.10. The molecule has 1 amide bonds. The molecule has 1 unspecified atom stereocenters. The van der Waals surface area contributed by atoms with E-state index in [0.717, 1.165) is 29.0 Å². The summed E-state index contributed by atoms with van der Waals surface area (Å²) in [4.78, 5) is 21.4. The van der Waals surface area contributed by atoms with E-state index in [2.05, 4.69) is 20.6 Å². The van der Waals surface area contributed by atoms with Gasteiger partial charge < -0.3 is 10.6 Å². The number of hydrogen-bond acceptors (Lipinski definition) is 5. The van der Waals surface area contributed by atoms with Crippen LogP contribution in [0.4, 0.5) is 28.9 Å². The van der Waals surface area contributed by atoms with Crippen LogP contribution >= 0.6 is 11.8 Å². The molecule has 1 aromatic heterocycles. The molecule has 0 saturated carbocycles. The summed E-state index contributed by atoms with van der Waals surface area (Å²) >= 11 is 1.53. The lowest BCUT2D eigenvalue weighted by Gasteiger charge is -2.13. The second-order valence-corrected chi connectivity index (χ2v) is 8.33. The van der Waals surface area contributed by atoms with Gasteiger partial charge in [0.15, 0.2) is 11.0 Å². The molecule has 1 atom stereocenters. The third-order valence-electron chi connectivity index (χ3n) is 5.01. The van der Waals surface area contributed by atoms with Crippen molar-refractivity contribution in [1.29, 1.82) is 0 Å². The van der Waals surface area contributed by atoms with Gasteiger partial charge in [0.25, 0.3) is 5.91 Å². The number of alkyl halides is 3. The Kier molecular flexibility index (Phi) is 6.37. The normalized spacial score (nSPS) is 15.8. The quantitative estimate of drug-likeness (QED) is 0.452. The average molecular weight is 474 g/mol. The van der Waals surface area contributed by atoms with E-state index < -0.39 is 29.2 Å². The topological polar surface area (TPSA) is 66.4 Å². The fourth-order valence-electron chi connectivity index (χ4n) is 3.24. The summed E-state index contributed by atoms with van der Waals surface area (Å²) in [6, 6.07) is 11.3. The minimum atomic E-state index is -4.86. The second kappa shape index (κ2) is 9.22. The van der Waals surface area contributed by atoms with Gasteiger partial charge in [0.1, 0.15) is 0 Å². The Morgan fingerprint density at radius 3 is 2.67 bits per heavy atom. The van der Waals surface area contributed by atoms with Crippen LogP contribution < -0.4 is 10.6 Å². The lowest BCUT2D eigenvalue weighted by Crippen LogP contribution is -2.16. The van der Waals surface area contributed by atoms with Gasteiger partial charge in [-0.1, -0.05) is 30.0 Å². The number of carbonyl (C=O) groups is 1. The zero-order chi connectivity index (χ0) is 23.6. The molecule has 1 aliphatic heterocycles. The highest BCUT2D eigenvalue weighted by atomic mass is 32.2. The van der Waals surface area contributed by atoms with Crippen molar-refractivity contribution in [3.05, 3.63) is 89.0 Å². The summed E-state index contributed by atoms with van der Waals surface area (Å²) in [7, 11) is 0. The van der Waals surface area contributed by atoms with Crippen LogP contribution in [-0.2, 0) is 6.18 Å². The minimum Gasteiger partial charge on any atom is -0.335 e. The van der Waals surface area contributed by atoms with Crippen molar-refractivity contribution < 1.29 is 22.4 Å². The van der Waals surface area contributed by atoms with Crippen molar-refractivity contribution in [2.45, 2.75) is 19.1 Å². The molecule has 4 rings (SSSR count). The Hall–Kier alpha value is -3.40. The lowest BCUT2D eigenvalue weighted by molar-refractivity contribution is -0.139. The molecular formula is C23H18F4N4OS. The van der Waals surface area contributed by atoms with Crippen molar-refractivity contribution in [1.82, 2.24) is 4.98 Å². The molecule has 10 heteroatoms. The molecular weight excluding hydrogens is 456 g/mol. The number of aromatic nitrogens is 1. The van der Waals surface area contributed by atoms with Crippen molar-refractivity contribution in [2.24, 2.45) is 4.99 Å². The Morgan fingerprint density at radius 2 is 1.94 bits per heavy atom. The van der Waals surface area contributed by atoms with Gasteiger partial charge in [0.2, 0.25) is 0 Å². The number of thioether (sulfide) groups is 1. The molecule has 1 aliphatic rings. The number of benzene rings is 2. The number of nitrogens with one attached hydrogen (secondary N) is 2. The van der Waals surface area contributed by atoms with Gasteiger partial charge >= 0.3 is 6.18 Å². The van der Waals surface area contributed by atoms with Crippen LogP contribution in [0.2, 0.25) is 0 Å². The first-order valence-electron chi connectivity index (χ1n) is 9.87. The van der Waals surface area contributed by atoms with Crippen molar-refractivity contribution in [3.63, 3.8) is 0 Å². The number of aliphatic imine (C=N–C) groups is 1. The van der Waals surface area contributed by atoms with Crippen LogP contribution in [0.5, 0.6) is 0 Å². The van der Waals surface area contributed by atoms with Gasteiger partial charge in [-0.2, -0.15) is 13.2 Å². The first-order chi connectivity index (χ1) is 15.7. The van der Waals surface area contributed by atoms with E-state index in [9.17, 15) is 22.4 Å². The highest BCUT2D eigenvalue weighted by Crippen LogP contribution is 2.34. The SMILES string of the molecule is Cc1ccc(C(=O)Nc2cccc(C(F)(F)F)c2F)cc1NC1=NC(c2cccnc2)CS1. The first-order valence-corrected chi connectivity index (χ1v) is 10.9. The fourth-order valence-corrected chi connectivity index (χ4v) is 4.21. The van der Waals surface area contributed by atoms with E-state index >= 15 is 0 Å². The summed E-state index contributed by atoms with van der Waals surface area (Å²) < 4.78 is 53.1. The zero-order valence-electron chi connectivity index (χ0n) is 17.3. The van der Waals surface area contributed by atoms with Gasteiger partial charge in [-0.15, -0.1) is 0 Å². The molecule has 33 heavy (non-hydrogen) atoms. The van der Waals surface area contributed by atoms with Gasteiger partial charge in [-0.3, -0.25) is 14.8 Å². The van der Waals surface area contributed by atoms with Gasteiger partial charge in [-0.25, -0.2) is 4.39 Å². The maximum absolute atomic E-state index is 14.3. The van der Waals surface area contributed by atoms with E-state index in [-0.39, 0.29) is 11.6 Å². The number of rotatable bonds is 4. The first kappa shape index (κ1) is 22.8. The van der Waals surface area contributed by atoms with Crippen LogP contribution in [0.1, 0.15) is 33.1 Å². The molecule has 0 bridgehead atoms. The molecule has 0 aliphatic carbocycles. The Bertz CT molecular complexity index is 1210. The molecule has 2 aromatic carbocycles. The summed E-state index contributed by atoms with van der Waals surface area (Å²) in [5.74, 6) is -1.52. The number of aryl methyl sites for hydroxylation is 1. The summed E-state index contributed by atoms with van der Waals surface area (Å²) in [6.45, 7) is 1.84. The summed E-state index contributed by atoms with van der Waals surface area (Å²) in [5.41, 5.74) is 0.628. The minimum absolute atomic E-state index is 0.0399. The smallest absolute Gasteiger partial charge is 0.335 e. The highest BCUT2D eigenvalue weighted by molar-refractivity contribution is 8.14. The van der Waals surface area contributed by atoms with Crippen LogP contribution in [0.15, 0.2) is 65.9 Å². The third-order valence-corrected chi connectivity index (χ3v) is 5.98. The Morgan fingerprint density at radius 1 is 1.12 bits per heavy atom. The fraction of sp³-hybridized carbons (Fsp3) is 0.174. The van der Waals surface area contributed by atoms with E-state index in [4.69, 9.17) is 0 Å². The predicted molar refractivity (Wildman–Crippen MR) is 121 cm³/mol. The van der Waals surface area contributed by atoms with Gasteiger partial charge in [0, 0.05) is 29.4 Å². The predicted octanol–water partition coefficient (Wildman–Crippen LogP) is 6.06. The number of amidine groups is 1. The third kappa shape index (κ3) is 5.16. The number of pyridine rings is 1. The Balaban J connectivity index is 1.52. The Labute approximate surface area is 191 Å². The number of hydrogen-bond donors (Lipinski definition) is 2. The second-order valence-electron chi connectivity index (χ2n) is 7.32. The van der Waals surface area contributed by atoms with Crippen molar-refractivity contribution in [3.8, 4) is 0 Å². The average Bonchev–Trinajstić information content (AvgIpc) is 3.25. The van der Waals surface area contributed by atoms with Gasteiger partial charge in [0.05, 0.1) is 17.3 Å². The molecule has 0 saturated heterocycles. The largest absolute Gasteiger partial charge is 0.419 e. The van der Waals surface area contributed by atoms with Crippen LogP contribution in [-0.4, -0.2) is 21.8 Å². The monoisotopic (exact) mass is 474 g/mol. The maximum atomic E-state index is 14.3. The molecule has 170 valence electrons. The maximum Gasteiger partial charge on any atom is 0.419 e. The molecule has 3 aromatic rings. The number of amides is 1. The van der Waals surface area contributed by atoms with E-state index in [1.165, 1.54) is 17.8 Å². The lowest BCUT2D eigenvalue weighted by atomic mass is 10.1. The van der Waals surface area contributed by atoms with E-state index in [1.54, 1.807) is 24.5 Å². The number of anilines is 2. The molecule has 2 N–H and O–H groups in total. The standard InChI is InChI=1S/C23H18F4N4OS/c1-13-7-8-14(21(32)29-17-6-2-5-16(20(17)24)23(25,26)27)10-18(13)30-22-31-19(12-33-22)15-4-3-9-28-11-15/h2-11,19H,12H2,1H3,(H,29,32)(H,30,31). The van der Waals surface area contributed by atoms with Crippen LogP contribution in [0.25, 0.3) is 0 Å². The molecule has 0 radical (unpaired) electrons. The van der Waals surface area contributed by atoms with Gasteiger partial charge in [-0.05, 0) is 48.4 Å². The molecule has 2 heterocycles. The summed E-state index contributed by atoms with van der Waals surface area (Å²) in [6.07, 6.45) is -1.40.